The summed E-state index contributed by atoms with van der Waals surface area (Å²) in [6, 6.07) is 14.0. The lowest BCUT2D eigenvalue weighted by molar-refractivity contribution is 0.290. The van der Waals surface area contributed by atoms with Crippen LogP contribution in [0, 0.1) is 0 Å². The SMILES string of the molecule is Cn1c(COc2ccc(-c3ccccc3)nc2)nnc1C1CC1. The highest BCUT2D eigenvalue weighted by Gasteiger charge is 2.29. The summed E-state index contributed by atoms with van der Waals surface area (Å²) in [5, 5.41) is 8.49. The Morgan fingerprint density at radius 3 is 2.61 bits per heavy atom. The van der Waals surface area contributed by atoms with E-state index in [-0.39, 0.29) is 0 Å². The summed E-state index contributed by atoms with van der Waals surface area (Å²) in [5.41, 5.74) is 2.04. The zero-order chi connectivity index (χ0) is 15.6. The van der Waals surface area contributed by atoms with Crippen LogP contribution in [0.2, 0.25) is 0 Å². The summed E-state index contributed by atoms with van der Waals surface area (Å²) >= 11 is 0. The van der Waals surface area contributed by atoms with Crippen molar-refractivity contribution in [1.29, 1.82) is 0 Å². The fourth-order valence-electron chi connectivity index (χ4n) is 2.59. The van der Waals surface area contributed by atoms with Crippen molar-refractivity contribution in [3.8, 4) is 17.0 Å². The molecular weight excluding hydrogens is 288 g/mol. The van der Waals surface area contributed by atoms with Crippen molar-refractivity contribution in [2.45, 2.75) is 25.4 Å². The van der Waals surface area contributed by atoms with Gasteiger partial charge in [0.2, 0.25) is 0 Å². The van der Waals surface area contributed by atoms with Gasteiger partial charge in [-0.3, -0.25) is 4.98 Å². The van der Waals surface area contributed by atoms with Gasteiger partial charge in [0, 0.05) is 18.5 Å². The molecule has 5 nitrogen and oxygen atoms in total. The van der Waals surface area contributed by atoms with Crippen LogP contribution in [0.5, 0.6) is 5.75 Å². The molecule has 1 saturated carbocycles. The van der Waals surface area contributed by atoms with Gasteiger partial charge in [0.15, 0.2) is 5.82 Å². The molecule has 0 bridgehead atoms. The fraction of sp³-hybridized carbons (Fsp3) is 0.278. The Kier molecular flexibility index (Phi) is 3.54. The van der Waals surface area contributed by atoms with Gasteiger partial charge in [-0.05, 0) is 25.0 Å². The smallest absolute Gasteiger partial charge is 0.170 e. The molecular formula is C18H18N4O. The number of benzene rings is 1. The van der Waals surface area contributed by atoms with E-state index in [1.54, 1.807) is 6.20 Å². The number of nitrogens with zero attached hydrogens (tertiary/aromatic N) is 4. The maximum atomic E-state index is 5.79. The number of hydrogen-bond donors (Lipinski definition) is 0. The number of aromatic nitrogens is 4. The Morgan fingerprint density at radius 2 is 1.91 bits per heavy atom. The molecule has 0 N–H and O–H groups in total. The highest BCUT2D eigenvalue weighted by molar-refractivity contribution is 5.58. The van der Waals surface area contributed by atoms with E-state index in [1.807, 2.05) is 54.1 Å². The van der Waals surface area contributed by atoms with Crippen molar-refractivity contribution in [2.75, 3.05) is 0 Å². The fourth-order valence-corrected chi connectivity index (χ4v) is 2.59. The van der Waals surface area contributed by atoms with Crippen molar-refractivity contribution in [1.82, 2.24) is 19.7 Å². The van der Waals surface area contributed by atoms with E-state index >= 15 is 0 Å². The van der Waals surface area contributed by atoms with E-state index in [0.717, 1.165) is 28.7 Å². The van der Waals surface area contributed by atoms with Crippen molar-refractivity contribution < 1.29 is 4.74 Å². The minimum Gasteiger partial charge on any atom is -0.484 e. The standard InChI is InChI=1S/C18H18N4O/c1-22-17(20-21-18(22)14-7-8-14)12-23-15-9-10-16(19-11-15)13-5-3-2-4-6-13/h2-6,9-11,14H,7-8,12H2,1H3. The minimum absolute atomic E-state index is 0.405. The molecule has 23 heavy (non-hydrogen) atoms. The van der Waals surface area contributed by atoms with Crippen LogP contribution in [-0.4, -0.2) is 19.7 Å². The van der Waals surface area contributed by atoms with E-state index in [9.17, 15) is 0 Å². The highest BCUT2D eigenvalue weighted by Crippen LogP contribution is 2.38. The van der Waals surface area contributed by atoms with Crippen LogP contribution in [-0.2, 0) is 13.7 Å². The van der Waals surface area contributed by atoms with Crippen LogP contribution >= 0.6 is 0 Å². The molecule has 0 unspecified atom stereocenters. The third kappa shape index (κ3) is 2.95. The molecule has 2 heterocycles. The van der Waals surface area contributed by atoms with Crippen LogP contribution in [0.1, 0.15) is 30.4 Å². The monoisotopic (exact) mass is 306 g/mol. The Hall–Kier alpha value is -2.69. The first-order chi connectivity index (χ1) is 11.3. The molecule has 116 valence electrons. The van der Waals surface area contributed by atoms with Gasteiger partial charge < -0.3 is 9.30 Å². The quantitative estimate of drug-likeness (QED) is 0.725. The summed E-state index contributed by atoms with van der Waals surface area (Å²) in [6.45, 7) is 0.405. The number of pyridine rings is 1. The van der Waals surface area contributed by atoms with Crippen molar-refractivity contribution in [2.24, 2.45) is 7.05 Å². The average molecular weight is 306 g/mol. The molecule has 0 radical (unpaired) electrons. The summed E-state index contributed by atoms with van der Waals surface area (Å²) < 4.78 is 7.84. The first kappa shape index (κ1) is 13.9. The normalized spacial score (nSPS) is 14.0. The molecule has 5 heteroatoms. The van der Waals surface area contributed by atoms with Crippen molar-refractivity contribution in [3.05, 3.63) is 60.3 Å². The van der Waals surface area contributed by atoms with Crippen LogP contribution in [0.15, 0.2) is 48.7 Å². The molecule has 1 fully saturated rings. The lowest BCUT2D eigenvalue weighted by Crippen LogP contribution is -2.05. The number of hydrogen-bond acceptors (Lipinski definition) is 4. The molecule has 0 amide bonds. The van der Waals surface area contributed by atoms with Gasteiger partial charge in [-0.1, -0.05) is 30.3 Å². The molecule has 1 aliphatic carbocycles. The highest BCUT2D eigenvalue weighted by atomic mass is 16.5. The Morgan fingerprint density at radius 1 is 1.09 bits per heavy atom. The maximum Gasteiger partial charge on any atom is 0.170 e. The summed E-state index contributed by atoms with van der Waals surface area (Å²) in [5.74, 6) is 3.24. The van der Waals surface area contributed by atoms with E-state index in [4.69, 9.17) is 4.74 Å². The summed E-state index contributed by atoms with van der Waals surface area (Å²) in [4.78, 5) is 4.46. The average Bonchev–Trinajstić information content (AvgIpc) is 3.38. The third-order valence-corrected chi connectivity index (χ3v) is 4.12. The summed E-state index contributed by atoms with van der Waals surface area (Å²) in [7, 11) is 2.00. The molecule has 0 spiro atoms. The second-order valence-electron chi connectivity index (χ2n) is 5.84. The predicted octanol–water partition coefficient (Wildman–Crippen LogP) is 3.33. The van der Waals surface area contributed by atoms with Gasteiger partial charge in [-0.15, -0.1) is 10.2 Å². The molecule has 2 aromatic heterocycles. The van der Waals surface area contributed by atoms with Crippen LogP contribution in [0.3, 0.4) is 0 Å². The predicted molar refractivity (Wildman–Crippen MR) is 87.0 cm³/mol. The van der Waals surface area contributed by atoms with Gasteiger partial charge in [0.25, 0.3) is 0 Å². The second kappa shape index (κ2) is 5.83. The Balaban J connectivity index is 1.43. The number of ether oxygens (including phenoxy) is 1. The zero-order valence-corrected chi connectivity index (χ0v) is 13.0. The molecule has 4 rings (SSSR count). The number of rotatable bonds is 5. The second-order valence-corrected chi connectivity index (χ2v) is 5.84. The van der Waals surface area contributed by atoms with E-state index < -0.39 is 0 Å². The third-order valence-electron chi connectivity index (χ3n) is 4.12. The lowest BCUT2D eigenvalue weighted by Gasteiger charge is -2.07. The van der Waals surface area contributed by atoms with E-state index in [1.165, 1.54) is 12.8 Å². The maximum absolute atomic E-state index is 5.79. The minimum atomic E-state index is 0.405. The topological polar surface area (TPSA) is 52.8 Å². The summed E-state index contributed by atoms with van der Waals surface area (Å²) in [6.07, 6.45) is 4.19. The van der Waals surface area contributed by atoms with Crippen LogP contribution in [0.4, 0.5) is 0 Å². The van der Waals surface area contributed by atoms with Crippen LogP contribution < -0.4 is 4.74 Å². The molecule has 3 aromatic rings. The van der Waals surface area contributed by atoms with Crippen LogP contribution in [0.25, 0.3) is 11.3 Å². The van der Waals surface area contributed by atoms with Crippen molar-refractivity contribution >= 4 is 0 Å². The first-order valence-corrected chi connectivity index (χ1v) is 7.84. The van der Waals surface area contributed by atoms with Gasteiger partial charge in [0.05, 0.1) is 11.9 Å². The molecule has 1 aromatic carbocycles. The molecule has 0 saturated heterocycles. The van der Waals surface area contributed by atoms with Gasteiger partial charge in [-0.25, -0.2) is 0 Å². The van der Waals surface area contributed by atoms with Gasteiger partial charge >= 0.3 is 0 Å². The Bertz CT molecular complexity index is 792. The largest absolute Gasteiger partial charge is 0.484 e. The molecule has 0 atom stereocenters. The van der Waals surface area contributed by atoms with Gasteiger partial charge in [-0.2, -0.15) is 0 Å². The lowest BCUT2D eigenvalue weighted by atomic mass is 10.1. The first-order valence-electron chi connectivity index (χ1n) is 7.84. The molecule has 0 aliphatic heterocycles. The molecule has 1 aliphatic rings. The van der Waals surface area contributed by atoms with Gasteiger partial charge in [0.1, 0.15) is 18.2 Å². The van der Waals surface area contributed by atoms with Crippen molar-refractivity contribution in [3.63, 3.8) is 0 Å². The van der Waals surface area contributed by atoms with E-state index in [0.29, 0.717) is 12.5 Å². The van der Waals surface area contributed by atoms with E-state index in [2.05, 4.69) is 15.2 Å². The zero-order valence-electron chi connectivity index (χ0n) is 13.0. The Labute approximate surface area is 135 Å².